The van der Waals surface area contributed by atoms with E-state index in [1.807, 2.05) is 59.6 Å². The van der Waals surface area contributed by atoms with Gasteiger partial charge in [0.25, 0.3) is 11.8 Å². The quantitative estimate of drug-likeness (QED) is 0.691. The summed E-state index contributed by atoms with van der Waals surface area (Å²) in [6.45, 7) is 3.10. The van der Waals surface area contributed by atoms with Gasteiger partial charge in [-0.2, -0.15) is 0 Å². The molecule has 1 unspecified atom stereocenters. The number of carbonyl (C=O) groups is 1. The van der Waals surface area contributed by atoms with Crippen molar-refractivity contribution in [3.05, 3.63) is 48.2 Å². The van der Waals surface area contributed by atoms with Crippen LogP contribution in [0.3, 0.4) is 0 Å². The molecule has 0 aromatic carbocycles. The minimum absolute atomic E-state index is 0.0171. The van der Waals surface area contributed by atoms with Crippen LogP contribution in [-0.2, 0) is 0 Å². The first-order valence-electron chi connectivity index (χ1n) is 9.42. The number of aryl methyl sites for hydroxylation is 1. The Bertz CT molecular complexity index is 999. The lowest BCUT2D eigenvalue weighted by atomic mass is 10.1. The van der Waals surface area contributed by atoms with Gasteiger partial charge in [-0.1, -0.05) is 6.07 Å². The molecule has 4 heterocycles. The van der Waals surface area contributed by atoms with Gasteiger partial charge in [-0.05, 0) is 31.9 Å². The van der Waals surface area contributed by atoms with E-state index < -0.39 is 0 Å². The van der Waals surface area contributed by atoms with Crippen LogP contribution in [0.25, 0.3) is 5.65 Å². The van der Waals surface area contributed by atoms with Crippen molar-refractivity contribution < 1.29 is 9.53 Å². The number of fused-ring (bicyclic) bond motifs is 1. The van der Waals surface area contributed by atoms with Crippen LogP contribution in [0.5, 0.6) is 5.88 Å². The highest BCUT2D eigenvalue weighted by Crippen LogP contribution is 2.25. The summed E-state index contributed by atoms with van der Waals surface area (Å²) in [6, 6.07) is 5.73. The zero-order valence-corrected chi connectivity index (χ0v) is 16.4. The number of carbonyl (C=O) groups excluding carboxylic acids is 1. The van der Waals surface area contributed by atoms with Gasteiger partial charge in [0.1, 0.15) is 17.4 Å². The summed E-state index contributed by atoms with van der Waals surface area (Å²) in [4.78, 5) is 30.1. The van der Waals surface area contributed by atoms with Crippen LogP contribution in [-0.4, -0.2) is 63.4 Å². The monoisotopic (exact) mass is 380 g/mol. The van der Waals surface area contributed by atoms with Gasteiger partial charge in [0.15, 0.2) is 5.82 Å². The molecule has 8 nitrogen and oxygen atoms in total. The zero-order valence-electron chi connectivity index (χ0n) is 16.4. The van der Waals surface area contributed by atoms with Gasteiger partial charge in [-0.15, -0.1) is 0 Å². The van der Waals surface area contributed by atoms with Crippen molar-refractivity contribution in [1.29, 1.82) is 0 Å². The molecule has 1 amide bonds. The number of pyridine rings is 1. The van der Waals surface area contributed by atoms with Crippen LogP contribution in [0.15, 0.2) is 36.8 Å². The molecule has 1 fully saturated rings. The lowest BCUT2D eigenvalue weighted by Gasteiger charge is -2.33. The van der Waals surface area contributed by atoms with Crippen molar-refractivity contribution in [3.63, 3.8) is 0 Å². The fraction of sp³-hybridized carbons (Fsp3) is 0.400. The number of ether oxygens (including phenoxy) is 1. The molecule has 146 valence electrons. The second-order valence-electron chi connectivity index (χ2n) is 7.19. The Balaban J connectivity index is 1.54. The van der Waals surface area contributed by atoms with Gasteiger partial charge in [0, 0.05) is 39.2 Å². The van der Waals surface area contributed by atoms with E-state index in [1.54, 1.807) is 12.4 Å². The van der Waals surface area contributed by atoms with Crippen LogP contribution in [0.4, 0.5) is 5.82 Å². The minimum atomic E-state index is -0.118. The average molecular weight is 380 g/mol. The van der Waals surface area contributed by atoms with Crippen molar-refractivity contribution in [3.8, 4) is 5.88 Å². The molecular weight excluding hydrogens is 356 g/mol. The van der Waals surface area contributed by atoms with E-state index in [-0.39, 0.29) is 12.0 Å². The molecule has 28 heavy (non-hydrogen) atoms. The van der Waals surface area contributed by atoms with Crippen molar-refractivity contribution in [1.82, 2.24) is 24.3 Å². The van der Waals surface area contributed by atoms with Crippen LogP contribution in [0.1, 0.15) is 29.0 Å². The van der Waals surface area contributed by atoms with E-state index in [0.717, 1.165) is 24.2 Å². The minimum Gasteiger partial charge on any atom is -0.470 e. The summed E-state index contributed by atoms with van der Waals surface area (Å²) in [6.07, 6.45) is 6.78. The van der Waals surface area contributed by atoms with Gasteiger partial charge < -0.3 is 14.5 Å². The lowest BCUT2D eigenvalue weighted by Crippen LogP contribution is -2.45. The second kappa shape index (κ2) is 7.46. The van der Waals surface area contributed by atoms with Crippen molar-refractivity contribution in [2.24, 2.45) is 0 Å². The summed E-state index contributed by atoms with van der Waals surface area (Å²) in [7, 11) is 3.81. The van der Waals surface area contributed by atoms with Gasteiger partial charge in [0.2, 0.25) is 0 Å². The predicted molar refractivity (Wildman–Crippen MR) is 106 cm³/mol. The third-order valence-corrected chi connectivity index (χ3v) is 4.92. The maximum atomic E-state index is 13.2. The Morgan fingerprint density at radius 3 is 2.89 bits per heavy atom. The molecule has 0 saturated carbocycles. The summed E-state index contributed by atoms with van der Waals surface area (Å²) >= 11 is 0. The van der Waals surface area contributed by atoms with Crippen molar-refractivity contribution >= 4 is 17.4 Å². The zero-order chi connectivity index (χ0) is 19.7. The maximum absolute atomic E-state index is 13.2. The summed E-state index contributed by atoms with van der Waals surface area (Å²) in [5.41, 5.74) is 2.14. The Labute approximate surface area is 163 Å². The molecule has 1 saturated heterocycles. The van der Waals surface area contributed by atoms with Gasteiger partial charge in [0.05, 0.1) is 12.2 Å². The summed E-state index contributed by atoms with van der Waals surface area (Å²) in [5, 5.41) is 0. The average Bonchev–Trinajstić information content (AvgIpc) is 3.03. The molecule has 0 N–H and O–H groups in total. The van der Waals surface area contributed by atoms with E-state index in [2.05, 4.69) is 15.0 Å². The number of piperidine rings is 1. The lowest BCUT2D eigenvalue weighted by molar-refractivity contribution is 0.0521. The molecule has 4 rings (SSSR count). The number of hydrogen-bond acceptors (Lipinski definition) is 6. The third-order valence-electron chi connectivity index (χ3n) is 4.92. The number of imidazole rings is 1. The number of likely N-dealkylation sites (tertiary alicyclic amines) is 1. The molecule has 0 bridgehead atoms. The number of amides is 1. The van der Waals surface area contributed by atoms with Crippen molar-refractivity contribution in [2.45, 2.75) is 25.9 Å². The Kier molecular flexibility index (Phi) is 4.85. The normalized spacial score (nSPS) is 17.0. The molecule has 3 aromatic heterocycles. The molecule has 3 aromatic rings. The number of aromatic nitrogens is 4. The largest absolute Gasteiger partial charge is 0.470 e. The molecular formula is C20H24N6O2. The van der Waals surface area contributed by atoms with Gasteiger partial charge in [-0.3, -0.25) is 9.20 Å². The molecule has 0 aliphatic carbocycles. The van der Waals surface area contributed by atoms with E-state index >= 15 is 0 Å². The highest BCUT2D eigenvalue weighted by Gasteiger charge is 2.29. The van der Waals surface area contributed by atoms with Gasteiger partial charge in [-0.25, -0.2) is 15.0 Å². The number of hydrogen-bond donors (Lipinski definition) is 0. The highest BCUT2D eigenvalue weighted by molar-refractivity contribution is 5.94. The molecule has 8 heteroatoms. The van der Waals surface area contributed by atoms with Crippen molar-refractivity contribution in [2.75, 3.05) is 32.1 Å². The van der Waals surface area contributed by atoms with E-state index in [1.165, 1.54) is 0 Å². The van der Waals surface area contributed by atoms with E-state index in [4.69, 9.17) is 4.74 Å². The Morgan fingerprint density at radius 2 is 2.07 bits per heavy atom. The van der Waals surface area contributed by atoms with Gasteiger partial charge >= 0.3 is 0 Å². The maximum Gasteiger partial charge on any atom is 0.272 e. The fourth-order valence-corrected chi connectivity index (χ4v) is 3.61. The van der Waals surface area contributed by atoms with E-state index in [9.17, 15) is 4.79 Å². The first-order chi connectivity index (χ1) is 13.5. The number of nitrogens with zero attached hydrogens (tertiary/aromatic N) is 6. The highest BCUT2D eigenvalue weighted by atomic mass is 16.5. The SMILES string of the molecule is Cc1nc2ccccn2c1C(=O)N1CCCC(Oc2nccnc2N(C)C)C1. The molecule has 0 radical (unpaired) electrons. The second-order valence-corrected chi connectivity index (χ2v) is 7.19. The fourth-order valence-electron chi connectivity index (χ4n) is 3.61. The van der Waals surface area contributed by atoms with Crippen LogP contribution in [0, 0.1) is 6.92 Å². The van der Waals surface area contributed by atoms with E-state index in [0.29, 0.717) is 30.5 Å². The number of anilines is 1. The smallest absolute Gasteiger partial charge is 0.272 e. The Morgan fingerprint density at radius 1 is 1.25 bits per heavy atom. The molecule has 1 atom stereocenters. The first kappa shape index (κ1) is 18.2. The molecule has 1 aliphatic heterocycles. The summed E-state index contributed by atoms with van der Waals surface area (Å²) in [5.74, 6) is 1.16. The topological polar surface area (TPSA) is 75.9 Å². The third kappa shape index (κ3) is 3.37. The predicted octanol–water partition coefficient (Wildman–Crippen LogP) is 2.18. The summed E-state index contributed by atoms with van der Waals surface area (Å²) < 4.78 is 7.99. The Hall–Kier alpha value is -3.16. The van der Waals surface area contributed by atoms with Crippen LogP contribution >= 0.6 is 0 Å². The first-order valence-corrected chi connectivity index (χ1v) is 9.42. The number of rotatable bonds is 4. The van der Waals surface area contributed by atoms with Crippen LogP contribution in [0.2, 0.25) is 0 Å². The van der Waals surface area contributed by atoms with Crippen LogP contribution < -0.4 is 9.64 Å². The standard InChI is InChI=1S/C20H24N6O2/c1-14-17(26-12-5-4-8-16(26)23-14)20(27)25-11-6-7-15(13-25)28-19-18(24(2)3)21-9-10-22-19/h4-5,8-10,12,15H,6-7,11,13H2,1-3H3. The molecule has 1 aliphatic rings. The molecule has 0 spiro atoms.